The Bertz CT molecular complexity index is 852. The predicted octanol–water partition coefficient (Wildman–Crippen LogP) is 3.56. The first-order valence-corrected chi connectivity index (χ1v) is 8.79. The summed E-state index contributed by atoms with van der Waals surface area (Å²) < 4.78 is 0. The SMILES string of the molecule is Cc1ccc(N(C)C2SC(=O)N(Cc3ccc([N+](=O)[O-])cc3)C2=O)cc1. The van der Waals surface area contributed by atoms with Gasteiger partial charge in [-0.15, -0.1) is 0 Å². The number of thioether (sulfide) groups is 1. The highest BCUT2D eigenvalue weighted by Crippen LogP contribution is 2.33. The maximum atomic E-state index is 12.7. The van der Waals surface area contributed by atoms with Gasteiger partial charge in [-0.2, -0.15) is 0 Å². The summed E-state index contributed by atoms with van der Waals surface area (Å²) in [7, 11) is 1.78. The largest absolute Gasteiger partial charge is 0.354 e. The highest BCUT2D eigenvalue weighted by Gasteiger charge is 2.42. The zero-order valence-electron chi connectivity index (χ0n) is 14.3. The van der Waals surface area contributed by atoms with Crippen molar-refractivity contribution in [2.75, 3.05) is 11.9 Å². The smallest absolute Gasteiger partial charge is 0.291 e. The number of imide groups is 1. The molecule has 0 saturated carbocycles. The maximum absolute atomic E-state index is 12.7. The summed E-state index contributed by atoms with van der Waals surface area (Å²) in [6.07, 6.45) is 0. The molecule has 3 rings (SSSR count). The average molecular weight is 371 g/mol. The van der Waals surface area contributed by atoms with Gasteiger partial charge in [-0.1, -0.05) is 29.8 Å². The second-order valence-corrected chi connectivity index (χ2v) is 7.06. The number of hydrogen-bond donors (Lipinski definition) is 0. The molecule has 1 atom stereocenters. The van der Waals surface area contributed by atoms with Gasteiger partial charge in [0.05, 0.1) is 11.5 Å². The number of hydrogen-bond acceptors (Lipinski definition) is 6. The zero-order chi connectivity index (χ0) is 18.8. The van der Waals surface area contributed by atoms with E-state index in [4.69, 9.17) is 0 Å². The number of carbonyl (C=O) groups excluding carboxylic acids is 2. The van der Waals surface area contributed by atoms with Crippen molar-refractivity contribution < 1.29 is 14.5 Å². The lowest BCUT2D eigenvalue weighted by Gasteiger charge is -2.24. The lowest BCUT2D eigenvalue weighted by molar-refractivity contribution is -0.384. The van der Waals surface area contributed by atoms with Gasteiger partial charge in [0.2, 0.25) is 0 Å². The van der Waals surface area contributed by atoms with Crippen LogP contribution in [-0.2, 0) is 11.3 Å². The molecule has 2 aromatic rings. The Morgan fingerprint density at radius 1 is 1.12 bits per heavy atom. The maximum Gasteiger partial charge on any atom is 0.291 e. The van der Waals surface area contributed by atoms with E-state index in [0.29, 0.717) is 5.56 Å². The van der Waals surface area contributed by atoms with E-state index in [-0.39, 0.29) is 23.4 Å². The van der Waals surface area contributed by atoms with Crippen molar-refractivity contribution in [1.29, 1.82) is 0 Å². The van der Waals surface area contributed by atoms with Crippen LogP contribution in [0.3, 0.4) is 0 Å². The quantitative estimate of drug-likeness (QED) is 0.590. The molecule has 7 nitrogen and oxygen atoms in total. The van der Waals surface area contributed by atoms with Crippen molar-refractivity contribution in [3.8, 4) is 0 Å². The molecule has 1 saturated heterocycles. The minimum absolute atomic E-state index is 0.0285. The fourth-order valence-electron chi connectivity index (χ4n) is 2.64. The van der Waals surface area contributed by atoms with Gasteiger partial charge in [0.25, 0.3) is 16.8 Å². The van der Waals surface area contributed by atoms with Crippen LogP contribution in [0.15, 0.2) is 48.5 Å². The fourth-order valence-corrected chi connectivity index (χ4v) is 3.62. The molecule has 8 heteroatoms. The second kappa shape index (κ2) is 7.17. The molecule has 1 fully saturated rings. The van der Waals surface area contributed by atoms with E-state index < -0.39 is 10.3 Å². The molecule has 1 unspecified atom stereocenters. The zero-order valence-corrected chi connectivity index (χ0v) is 15.1. The fraction of sp³-hybridized carbons (Fsp3) is 0.222. The van der Waals surface area contributed by atoms with Crippen LogP contribution < -0.4 is 4.90 Å². The van der Waals surface area contributed by atoms with Gasteiger partial charge in [-0.3, -0.25) is 24.6 Å². The topological polar surface area (TPSA) is 83.8 Å². The monoisotopic (exact) mass is 371 g/mol. The Hall–Kier alpha value is -2.87. The third-order valence-electron chi connectivity index (χ3n) is 4.19. The summed E-state index contributed by atoms with van der Waals surface area (Å²) >= 11 is 0.971. The van der Waals surface area contributed by atoms with Crippen molar-refractivity contribution in [2.24, 2.45) is 0 Å². The van der Waals surface area contributed by atoms with Crippen LogP contribution in [0.5, 0.6) is 0 Å². The molecule has 0 aliphatic carbocycles. The normalized spacial score (nSPS) is 16.8. The lowest BCUT2D eigenvalue weighted by Crippen LogP contribution is -2.39. The molecule has 1 heterocycles. The van der Waals surface area contributed by atoms with Crippen LogP contribution in [0.25, 0.3) is 0 Å². The van der Waals surface area contributed by atoms with Gasteiger partial charge in [-0.25, -0.2) is 0 Å². The molecule has 134 valence electrons. The van der Waals surface area contributed by atoms with E-state index in [1.165, 1.54) is 17.0 Å². The van der Waals surface area contributed by atoms with Gasteiger partial charge in [-0.05, 0) is 36.4 Å². The van der Waals surface area contributed by atoms with Crippen LogP contribution in [0.2, 0.25) is 0 Å². The van der Waals surface area contributed by atoms with Gasteiger partial charge in [0.1, 0.15) is 0 Å². The van der Waals surface area contributed by atoms with Gasteiger partial charge >= 0.3 is 0 Å². The van der Waals surface area contributed by atoms with E-state index >= 15 is 0 Å². The highest BCUT2D eigenvalue weighted by atomic mass is 32.2. The number of rotatable bonds is 5. The molecule has 26 heavy (non-hydrogen) atoms. The number of nitro benzene ring substituents is 1. The predicted molar refractivity (Wildman–Crippen MR) is 100 cm³/mol. The van der Waals surface area contributed by atoms with Gasteiger partial charge in [0.15, 0.2) is 5.37 Å². The third kappa shape index (κ3) is 3.55. The van der Waals surface area contributed by atoms with Crippen LogP contribution in [0.1, 0.15) is 11.1 Å². The molecule has 2 aromatic carbocycles. The van der Waals surface area contributed by atoms with Gasteiger partial charge in [0, 0.05) is 24.9 Å². The molecule has 0 aromatic heterocycles. The summed E-state index contributed by atoms with van der Waals surface area (Å²) in [5, 5.41) is 9.77. The number of non-ortho nitro benzene ring substituents is 1. The van der Waals surface area contributed by atoms with E-state index in [1.807, 2.05) is 31.2 Å². The van der Waals surface area contributed by atoms with Crippen molar-refractivity contribution in [2.45, 2.75) is 18.8 Å². The third-order valence-corrected chi connectivity index (χ3v) is 5.35. The first kappa shape index (κ1) is 17.9. The first-order chi connectivity index (χ1) is 12.4. The summed E-state index contributed by atoms with van der Waals surface area (Å²) in [5.74, 6) is -0.290. The van der Waals surface area contributed by atoms with E-state index in [9.17, 15) is 19.7 Å². The summed E-state index contributed by atoms with van der Waals surface area (Å²) in [4.78, 5) is 38.2. The minimum atomic E-state index is -0.622. The van der Waals surface area contributed by atoms with E-state index in [2.05, 4.69) is 0 Å². The number of aryl methyl sites for hydroxylation is 1. The Morgan fingerprint density at radius 2 is 1.73 bits per heavy atom. The lowest BCUT2D eigenvalue weighted by atomic mass is 10.2. The Morgan fingerprint density at radius 3 is 2.31 bits per heavy atom. The number of likely N-dealkylation sites (N-methyl/N-ethyl adjacent to an activating group) is 1. The molecule has 0 bridgehead atoms. The molecule has 1 aliphatic heterocycles. The van der Waals surface area contributed by atoms with Crippen LogP contribution in [0, 0.1) is 17.0 Å². The number of anilines is 1. The molecule has 1 aliphatic rings. The van der Waals surface area contributed by atoms with Crippen LogP contribution >= 0.6 is 11.8 Å². The van der Waals surface area contributed by atoms with Crippen LogP contribution in [-0.4, -0.2) is 33.4 Å². The van der Waals surface area contributed by atoms with Crippen molar-refractivity contribution in [3.63, 3.8) is 0 Å². The Kier molecular flexibility index (Phi) is 4.94. The molecular formula is C18H17N3O4S. The van der Waals surface area contributed by atoms with Crippen LogP contribution in [0.4, 0.5) is 16.2 Å². The number of nitro groups is 1. The number of nitrogens with zero attached hydrogens (tertiary/aromatic N) is 3. The number of amides is 2. The molecular weight excluding hydrogens is 354 g/mol. The molecule has 2 amide bonds. The highest BCUT2D eigenvalue weighted by molar-refractivity contribution is 8.15. The van der Waals surface area contributed by atoms with E-state index in [1.54, 1.807) is 24.1 Å². The molecule has 0 spiro atoms. The summed E-state index contributed by atoms with van der Waals surface area (Å²) in [5.41, 5.74) is 2.60. The van der Waals surface area contributed by atoms with Crippen molar-refractivity contribution in [1.82, 2.24) is 4.90 Å². The van der Waals surface area contributed by atoms with Gasteiger partial charge < -0.3 is 4.90 Å². The second-order valence-electron chi connectivity index (χ2n) is 6.03. The summed E-state index contributed by atoms with van der Waals surface area (Å²) in [6, 6.07) is 13.6. The standard InChI is InChI=1S/C18H17N3O4S/c1-12-3-7-14(8-4-12)19(2)17-16(22)20(18(23)26-17)11-13-5-9-15(10-6-13)21(24)25/h3-10,17H,11H2,1-2H3. The minimum Gasteiger partial charge on any atom is -0.354 e. The Labute approximate surface area is 154 Å². The first-order valence-electron chi connectivity index (χ1n) is 7.91. The molecule has 0 radical (unpaired) electrons. The average Bonchev–Trinajstić information content (AvgIpc) is 2.90. The van der Waals surface area contributed by atoms with E-state index in [0.717, 1.165) is 23.0 Å². The molecule has 0 N–H and O–H groups in total. The Balaban J connectivity index is 1.74. The van der Waals surface area contributed by atoms with Crippen molar-refractivity contribution >= 4 is 34.3 Å². The summed E-state index contributed by atoms with van der Waals surface area (Å²) in [6.45, 7) is 2.08. The van der Waals surface area contributed by atoms with Crippen molar-refractivity contribution in [3.05, 3.63) is 69.8 Å². The number of carbonyl (C=O) groups is 2. The number of benzene rings is 2.